The van der Waals surface area contributed by atoms with Gasteiger partial charge in [0, 0.05) is 17.8 Å². The molecule has 0 bridgehead atoms. The van der Waals surface area contributed by atoms with Gasteiger partial charge in [0.25, 0.3) is 0 Å². The summed E-state index contributed by atoms with van der Waals surface area (Å²) < 4.78 is 5.29. The highest BCUT2D eigenvalue weighted by Gasteiger charge is 2.25. The van der Waals surface area contributed by atoms with Gasteiger partial charge in [0.2, 0.25) is 0 Å². The number of rotatable bonds is 2. The topological polar surface area (TPSA) is 24.5 Å². The first kappa shape index (κ1) is 11.3. The minimum absolute atomic E-state index is 0.473. The van der Waals surface area contributed by atoms with Crippen molar-refractivity contribution in [2.75, 3.05) is 26.5 Å². The van der Waals surface area contributed by atoms with Crippen LogP contribution in [-0.2, 0) is 0 Å². The Hall–Kier alpha value is -1.22. The minimum atomic E-state index is 0.473. The average Bonchev–Trinajstić information content (AvgIpc) is 2.27. The van der Waals surface area contributed by atoms with Gasteiger partial charge in [-0.2, -0.15) is 0 Å². The summed E-state index contributed by atoms with van der Waals surface area (Å²) in [4.78, 5) is 2.27. The molecule has 3 heteroatoms. The van der Waals surface area contributed by atoms with E-state index in [2.05, 4.69) is 43.4 Å². The van der Waals surface area contributed by atoms with Crippen molar-refractivity contribution in [3.63, 3.8) is 0 Å². The lowest BCUT2D eigenvalue weighted by Crippen LogP contribution is -2.32. The Morgan fingerprint density at radius 1 is 1.38 bits per heavy atom. The Morgan fingerprint density at radius 2 is 2.12 bits per heavy atom. The SMILES string of the molecule is COc1ccc2c(c1)C(N(C)C)CC(C)N2. The van der Waals surface area contributed by atoms with E-state index in [9.17, 15) is 0 Å². The van der Waals surface area contributed by atoms with Crippen LogP contribution < -0.4 is 10.1 Å². The number of ether oxygens (including phenoxy) is 1. The van der Waals surface area contributed by atoms with E-state index in [0.717, 1.165) is 12.2 Å². The maximum Gasteiger partial charge on any atom is 0.119 e. The fraction of sp³-hybridized carbons (Fsp3) is 0.538. The quantitative estimate of drug-likeness (QED) is 0.828. The first-order valence-electron chi connectivity index (χ1n) is 5.72. The molecule has 0 fully saturated rings. The number of hydrogen-bond acceptors (Lipinski definition) is 3. The number of nitrogens with zero attached hydrogens (tertiary/aromatic N) is 1. The van der Waals surface area contributed by atoms with Crippen molar-refractivity contribution in [1.82, 2.24) is 4.90 Å². The molecule has 1 aliphatic rings. The molecular formula is C13H20N2O. The summed E-state index contributed by atoms with van der Waals surface area (Å²) in [6.45, 7) is 2.23. The van der Waals surface area contributed by atoms with Crippen molar-refractivity contribution in [3.05, 3.63) is 23.8 Å². The van der Waals surface area contributed by atoms with Crippen LogP contribution in [0.1, 0.15) is 24.9 Å². The highest BCUT2D eigenvalue weighted by molar-refractivity contribution is 5.58. The molecule has 2 unspecified atom stereocenters. The van der Waals surface area contributed by atoms with Crippen LogP contribution in [-0.4, -0.2) is 32.1 Å². The summed E-state index contributed by atoms with van der Waals surface area (Å²) in [5.74, 6) is 0.932. The van der Waals surface area contributed by atoms with Crippen molar-refractivity contribution in [1.29, 1.82) is 0 Å². The fourth-order valence-electron chi connectivity index (χ4n) is 2.35. The highest BCUT2D eigenvalue weighted by atomic mass is 16.5. The molecule has 1 N–H and O–H groups in total. The van der Waals surface area contributed by atoms with Gasteiger partial charge in [-0.05, 0) is 51.2 Å². The fourth-order valence-corrected chi connectivity index (χ4v) is 2.35. The molecule has 0 spiro atoms. The molecular weight excluding hydrogens is 200 g/mol. The predicted molar refractivity (Wildman–Crippen MR) is 67.1 cm³/mol. The second kappa shape index (κ2) is 4.34. The van der Waals surface area contributed by atoms with E-state index in [4.69, 9.17) is 4.74 Å². The molecule has 0 saturated carbocycles. The standard InChI is InChI=1S/C13H20N2O/c1-9-7-13(15(2)3)11-8-10(16-4)5-6-12(11)14-9/h5-6,8-9,13-14H,7H2,1-4H3. The summed E-state index contributed by atoms with van der Waals surface area (Å²) in [6.07, 6.45) is 1.13. The van der Waals surface area contributed by atoms with Crippen LogP contribution in [0.2, 0.25) is 0 Å². The molecule has 2 atom stereocenters. The molecule has 16 heavy (non-hydrogen) atoms. The van der Waals surface area contributed by atoms with Gasteiger partial charge in [-0.15, -0.1) is 0 Å². The molecule has 0 amide bonds. The molecule has 0 aromatic heterocycles. The van der Waals surface area contributed by atoms with Crippen molar-refractivity contribution in [2.45, 2.75) is 25.4 Å². The van der Waals surface area contributed by atoms with Gasteiger partial charge in [-0.3, -0.25) is 0 Å². The van der Waals surface area contributed by atoms with Crippen LogP contribution in [0.4, 0.5) is 5.69 Å². The van der Waals surface area contributed by atoms with Crippen molar-refractivity contribution >= 4 is 5.69 Å². The van der Waals surface area contributed by atoms with Crippen LogP contribution in [0.5, 0.6) is 5.75 Å². The molecule has 0 radical (unpaired) electrons. The van der Waals surface area contributed by atoms with Crippen molar-refractivity contribution in [2.24, 2.45) is 0 Å². The maximum atomic E-state index is 5.29. The van der Waals surface area contributed by atoms with Gasteiger partial charge in [0.15, 0.2) is 0 Å². The second-order valence-corrected chi connectivity index (χ2v) is 4.71. The molecule has 1 aliphatic heterocycles. The monoisotopic (exact) mass is 220 g/mol. The third-order valence-electron chi connectivity index (χ3n) is 3.22. The lowest BCUT2D eigenvalue weighted by molar-refractivity contribution is 0.269. The van der Waals surface area contributed by atoms with E-state index in [0.29, 0.717) is 12.1 Å². The number of anilines is 1. The normalized spacial score (nSPS) is 23.8. The Kier molecular flexibility index (Phi) is 3.06. The summed E-state index contributed by atoms with van der Waals surface area (Å²) in [6, 6.07) is 7.25. The highest BCUT2D eigenvalue weighted by Crippen LogP contribution is 2.37. The molecule has 1 aromatic rings. The molecule has 1 aromatic carbocycles. The van der Waals surface area contributed by atoms with E-state index in [1.54, 1.807) is 7.11 Å². The van der Waals surface area contributed by atoms with Crippen molar-refractivity contribution < 1.29 is 4.74 Å². The van der Waals surface area contributed by atoms with Crippen molar-refractivity contribution in [3.8, 4) is 5.75 Å². The van der Waals surface area contributed by atoms with Gasteiger partial charge in [-0.25, -0.2) is 0 Å². The zero-order chi connectivity index (χ0) is 11.7. The average molecular weight is 220 g/mol. The lowest BCUT2D eigenvalue weighted by atomic mass is 9.93. The Balaban J connectivity index is 2.41. The maximum absolute atomic E-state index is 5.29. The summed E-state index contributed by atoms with van der Waals surface area (Å²) in [5, 5.41) is 3.51. The molecule has 88 valence electrons. The van der Waals surface area contributed by atoms with Crippen LogP contribution in [0.3, 0.4) is 0 Å². The third-order valence-corrected chi connectivity index (χ3v) is 3.22. The van der Waals surface area contributed by atoms with Crippen LogP contribution >= 0.6 is 0 Å². The van der Waals surface area contributed by atoms with Gasteiger partial charge in [0.1, 0.15) is 5.75 Å². The summed E-state index contributed by atoms with van der Waals surface area (Å²) in [5.41, 5.74) is 2.57. The van der Waals surface area contributed by atoms with Crippen LogP contribution in [0, 0.1) is 0 Å². The Labute approximate surface area is 97.4 Å². The lowest BCUT2D eigenvalue weighted by Gasteiger charge is -2.35. The van der Waals surface area contributed by atoms with Gasteiger partial charge in [0.05, 0.1) is 7.11 Å². The second-order valence-electron chi connectivity index (χ2n) is 4.71. The smallest absolute Gasteiger partial charge is 0.119 e. The third kappa shape index (κ3) is 2.00. The predicted octanol–water partition coefficient (Wildman–Crippen LogP) is 2.50. The molecule has 3 nitrogen and oxygen atoms in total. The Morgan fingerprint density at radius 3 is 2.75 bits per heavy atom. The van der Waals surface area contributed by atoms with Crippen LogP contribution in [0.25, 0.3) is 0 Å². The minimum Gasteiger partial charge on any atom is -0.497 e. The van der Waals surface area contributed by atoms with E-state index >= 15 is 0 Å². The zero-order valence-corrected chi connectivity index (χ0v) is 10.4. The molecule has 2 rings (SSSR count). The number of methoxy groups -OCH3 is 1. The first-order chi connectivity index (χ1) is 7.61. The van der Waals surface area contributed by atoms with E-state index < -0.39 is 0 Å². The summed E-state index contributed by atoms with van der Waals surface area (Å²) >= 11 is 0. The molecule has 0 saturated heterocycles. The molecule has 1 heterocycles. The number of hydrogen-bond donors (Lipinski definition) is 1. The van der Waals surface area contributed by atoms with Gasteiger partial charge < -0.3 is 15.0 Å². The largest absolute Gasteiger partial charge is 0.497 e. The zero-order valence-electron chi connectivity index (χ0n) is 10.4. The molecule has 0 aliphatic carbocycles. The Bertz CT molecular complexity index is 376. The first-order valence-corrected chi connectivity index (χ1v) is 5.72. The van der Waals surface area contributed by atoms with E-state index in [1.165, 1.54) is 11.3 Å². The number of nitrogens with one attached hydrogen (secondary N) is 1. The van der Waals surface area contributed by atoms with Gasteiger partial charge in [-0.1, -0.05) is 0 Å². The van der Waals surface area contributed by atoms with E-state index in [1.807, 2.05) is 6.07 Å². The number of fused-ring (bicyclic) bond motifs is 1. The van der Waals surface area contributed by atoms with Gasteiger partial charge >= 0.3 is 0 Å². The van der Waals surface area contributed by atoms with E-state index in [-0.39, 0.29) is 0 Å². The summed E-state index contributed by atoms with van der Waals surface area (Å²) in [7, 11) is 5.98. The number of benzene rings is 1. The van der Waals surface area contributed by atoms with Crippen LogP contribution in [0.15, 0.2) is 18.2 Å².